The largest absolute Gasteiger partial charge is 0.368 e. The van der Waals surface area contributed by atoms with E-state index >= 15 is 0 Å². The first-order valence-corrected chi connectivity index (χ1v) is 4.15. The molecule has 0 aliphatic carbocycles. The summed E-state index contributed by atoms with van der Waals surface area (Å²) in [5, 5.41) is 3.29. The lowest BCUT2D eigenvalue weighted by Crippen LogP contribution is -2.35. The maximum atomic E-state index is 10.2. The van der Waals surface area contributed by atoms with Gasteiger partial charge in [-0.15, -0.1) is 0 Å². The van der Waals surface area contributed by atoms with Crippen molar-refractivity contribution in [3.8, 4) is 0 Å². The fourth-order valence-corrected chi connectivity index (χ4v) is 1.21. The van der Waals surface area contributed by atoms with Crippen molar-refractivity contribution in [2.75, 3.05) is 19.7 Å². The lowest BCUT2D eigenvalue weighted by Gasteiger charge is -2.10. The zero-order chi connectivity index (χ0) is 8.81. The van der Waals surface area contributed by atoms with E-state index in [0.717, 1.165) is 19.5 Å². The van der Waals surface area contributed by atoms with Crippen LogP contribution in [-0.2, 0) is 9.63 Å². The summed E-state index contributed by atoms with van der Waals surface area (Å²) in [5.74, 6) is -0.457. The molecule has 0 aromatic heterocycles. The number of carbonyl (C=O) groups excluding carboxylic acids is 1. The van der Waals surface area contributed by atoms with Crippen LogP contribution >= 0.6 is 0 Å². The lowest BCUT2D eigenvalue weighted by molar-refractivity contribution is -0.125. The van der Waals surface area contributed by atoms with Gasteiger partial charge in [-0.1, -0.05) is 0 Å². The van der Waals surface area contributed by atoms with Crippen molar-refractivity contribution >= 4 is 5.91 Å². The first-order valence-electron chi connectivity index (χ1n) is 4.15. The van der Waals surface area contributed by atoms with Crippen LogP contribution in [0, 0.1) is 0 Å². The first-order chi connectivity index (χ1) is 5.79. The molecule has 12 heavy (non-hydrogen) atoms. The Balaban J connectivity index is 1.91. The minimum absolute atomic E-state index is 0.0628. The Labute approximate surface area is 71.6 Å². The smallest absolute Gasteiger partial charge is 0.245 e. The predicted molar refractivity (Wildman–Crippen MR) is 44.2 cm³/mol. The van der Waals surface area contributed by atoms with Crippen molar-refractivity contribution in [1.29, 1.82) is 0 Å². The third kappa shape index (κ3) is 3.66. The van der Waals surface area contributed by atoms with Crippen LogP contribution < -0.4 is 16.5 Å². The van der Waals surface area contributed by atoms with Crippen molar-refractivity contribution in [3.05, 3.63) is 0 Å². The average molecular weight is 173 g/mol. The van der Waals surface area contributed by atoms with Crippen molar-refractivity contribution in [1.82, 2.24) is 10.8 Å². The molecule has 1 amide bonds. The number of rotatable bonds is 5. The summed E-state index contributed by atoms with van der Waals surface area (Å²) in [7, 11) is 0. The average Bonchev–Trinajstić information content (AvgIpc) is 2.49. The second-order valence-electron chi connectivity index (χ2n) is 2.90. The van der Waals surface area contributed by atoms with E-state index in [2.05, 4.69) is 10.8 Å². The summed E-state index contributed by atoms with van der Waals surface area (Å²) < 4.78 is 0. The summed E-state index contributed by atoms with van der Waals surface area (Å²) >= 11 is 0. The highest BCUT2D eigenvalue weighted by Gasteiger charge is 2.12. The third-order valence-electron chi connectivity index (χ3n) is 1.81. The highest BCUT2D eigenvalue weighted by Crippen LogP contribution is 2.02. The van der Waals surface area contributed by atoms with E-state index in [1.807, 2.05) is 0 Å². The number of primary amides is 1. The summed E-state index contributed by atoms with van der Waals surface area (Å²) in [4.78, 5) is 15.0. The van der Waals surface area contributed by atoms with Gasteiger partial charge in [0.1, 0.15) is 6.61 Å². The molecular formula is C7H15N3O2. The minimum atomic E-state index is -0.457. The second kappa shape index (κ2) is 5.08. The third-order valence-corrected chi connectivity index (χ3v) is 1.81. The topological polar surface area (TPSA) is 76.4 Å². The minimum Gasteiger partial charge on any atom is -0.368 e. The maximum absolute atomic E-state index is 10.2. The zero-order valence-electron chi connectivity index (χ0n) is 7.01. The molecule has 5 nitrogen and oxygen atoms in total. The summed E-state index contributed by atoms with van der Waals surface area (Å²) in [6, 6.07) is 0.470. The molecule has 1 aliphatic heterocycles. The standard InChI is InChI=1S/C7H15N3O2/c8-7(11)5-12-10-4-6-2-1-3-9-6/h6,9-10H,1-5H2,(H2,8,11). The SMILES string of the molecule is NC(=O)CONCC1CCCN1. The zero-order valence-corrected chi connectivity index (χ0v) is 7.01. The molecule has 0 aromatic rings. The van der Waals surface area contributed by atoms with Gasteiger partial charge in [-0.3, -0.25) is 9.63 Å². The van der Waals surface area contributed by atoms with E-state index < -0.39 is 5.91 Å². The molecule has 0 spiro atoms. The van der Waals surface area contributed by atoms with Crippen LogP contribution in [0.5, 0.6) is 0 Å². The molecule has 0 bridgehead atoms. The monoisotopic (exact) mass is 173 g/mol. The molecular weight excluding hydrogens is 158 g/mol. The summed E-state index contributed by atoms with van der Waals surface area (Å²) in [5.41, 5.74) is 7.56. The van der Waals surface area contributed by atoms with Crippen LogP contribution in [0.2, 0.25) is 0 Å². The van der Waals surface area contributed by atoms with E-state index in [4.69, 9.17) is 10.6 Å². The molecule has 1 unspecified atom stereocenters. The number of hydroxylamine groups is 1. The number of hydrogen-bond donors (Lipinski definition) is 3. The maximum Gasteiger partial charge on any atom is 0.245 e. The van der Waals surface area contributed by atoms with Gasteiger partial charge in [0.25, 0.3) is 0 Å². The summed E-state index contributed by atoms with van der Waals surface area (Å²) in [6.07, 6.45) is 2.37. The van der Waals surface area contributed by atoms with Crippen molar-refractivity contribution in [3.63, 3.8) is 0 Å². The molecule has 1 saturated heterocycles. The van der Waals surface area contributed by atoms with E-state index in [-0.39, 0.29) is 6.61 Å². The Kier molecular flexibility index (Phi) is 3.99. The Morgan fingerprint density at radius 1 is 1.75 bits per heavy atom. The van der Waals surface area contributed by atoms with Gasteiger partial charge in [-0.2, -0.15) is 0 Å². The van der Waals surface area contributed by atoms with Gasteiger partial charge >= 0.3 is 0 Å². The molecule has 1 aliphatic rings. The molecule has 1 rings (SSSR count). The molecule has 1 heterocycles. The van der Waals surface area contributed by atoms with E-state index in [9.17, 15) is 4.79 Å². The van der Waals surface area contributed by atoms with Crippen molar-refractivity contribution in [2.45, 2.75) is 18.9 Å². The number of nitrogens with two attached hydrogens (primary N) is 1. The Morgan fingerprint density at radius 3 is 3.17 bits per heavy atom. The molecule has 0 saturated carbocycles. The van der Waals surface area contributed by atoms with Crippen LogP contribution in [0.1, 0.15) is 12.8 Å². The van der Waals surface area contributed by atoms with Crippen LogP contribution in [0.4, 0.5) is 0 Å². The molecule has 0 radical (unpaired) electrons. The Hall–Kier alpha value is -0.650. The van der Waals surface area contributed by atoms with Gasteiger partial charge in [0, 0.05) is 12.6 Å². The molecule has 1 atom stereocenters. The highest BCUT2D eigenvalue weighted by molar-refractivity contribution is 5.74. The van der Waals surface area contributed by atoms with E-state index in [1.54, 1.807) is 0 Å². The van der Waals surface area contributed by atoms with Crippen molar-refractivity contribution in [2.24, 2.45) is 5.73 Å². The van der Waals surface area contributed by atoms with Gasteiger partial charge in [0.15, 0.2) is 0 Å². The molecule has 5 heteroatoms. The van der Waals surface area contributed by atoms with Gasteiger partial charge in [0.2, 0.25) is 5.91 Å². The predicted octanol–water partition coefficient (Wildman–Crippen LogP) is -1.26. The number of nitrogens with one attached hydrogen (secondary N) is 2. The molecule has 0 aromatic carbocycles. The fourth-order valence-electron chi connectivity index (χ4n) is 1.21. The number of carbonyl (C=O) groups is 1. The lowest BCUT2D eigenvalue weighted by atomic mass is 10.2. The molecule has 4 N–H and O–H groups in total. The van der Waals surface area contributed by atoms with Crippen LogP contribution in [0.15, 0.2) is 0 Å². The number of amides is 1. The normalized spacial score (nSPS) is 22.8. The summed E-state index contributed by atoms with van der Waals surface area (Å²) in [6.45, 7) is 1.74. The highest BCUT2D eigenvalue weighted by atomic mass is 16.6. The second-order valence-corrected chi connectivity index (χ2v) is 2.90. The Bertz CT molecular complexity index is 146. The molecule has 1 fully saturated rings. The van der Waals surface area contributed by atoms with Gasteiger partial charge in [0.05, 0.1) is 0 Å². The van der Waals surface area contributed by atoms with E-state index in [1.165, 1.54) is 6.42 Å². The molecule has 70 valence electrons. The van der Waals surface area contributed by atoms with Crippen molar-refractivity contribution < 1.29 is 9.63 Å². The van der Waals surface area contributed by atoms with Crippen LogP contribution in [-0.4, -0.2) is 31.6 Å². The van der Waals surface area contributed by atoms with Gasteiger partial charge in [-0.05, 0) is 19.4 Å². The quantitative estimate of drug-likeness (QED) is 0.358. The number of hydrogen-bond acceptors (Lipinski definition) is 4. The van der Waals surface area contributed by atoms with Crippen LogP contribution in [0.25, 0.3) is 0 Å². The fraction of sp³-hybridized carbons (Fsp3) is 0.857. The van der Waals surface area contributed by atoms with Gasteiger partial charge < -0.3 is 11.1 Å². The van der Waals surface area contributed by atoms with E-state index in [0.29, 0.717) is 6.04 Å². The van der Waals surface area contributed by atoms with Gasteiger partial charge in [-0.25, -0.2) is 5.48 Å². The van der Waals surface area contributed by atoms with Crippen LogP contribution in [0.3, 0.4) is 0 Å². The first kappa shape index (κ1) is 9.44. The Morgan fingerprint density at radius 2 is 2.58 bits per heavy atom.